The summed E-state index contributed by atoms with van der Waals surface area (Å²) in [5, 5.41) is 11.6. The molecule has 0 bridgehead atoms. The molecule has 8 nitrogen and oxygen atoms in total. The van der Waals surface area contributed by atoms with Gasteiger partial charge in [0.2, 0.25) is 5.91 Å². The molecule has 1 N–H and O–H groups in total. The van der Waals surface area contributed by atoms with E-state index in [1.54, 1.807) is 11.7 Å². The van der Waals surface area contributed by atoms with Gasteiger partial charge in [-0.05, 0) is 30.9 Å². The van der Waals surface area contributed by atoms with Crippen LogP contribution in [0.3, 0.4) is 0 Å². The summed E-state index contributed by atoms with van der Waals surface area (Å²) in [6, 6.07) is 8.40. The van der Waals surface area contributed by atoms with Crippen molar-refractivity contribution in [1.29, 1.82) is 0 Å². The topological polar surface area (TPSA) is 90.5 Å². The highest BCUT2D eigenvalue weighted by atomic mass is 16.1. The van der Waals surface area contributed by atoms with Crippen LogP contribution in [0.2, 0.25) is 0 Å². The fourth-order valence-electron chi connectivity index (χ4n) is 4.57. The van der Waals surface area contributed by atoms with Gasteiger partial charge in [0.1, 0.15) is 0 Å². The zero-order valence-corrected chi connectivity index (χ0v) is 18.8. The van der Waals surface area contributed by atoms with E-state index in [0.717, 1.165) is 53.5 Å². The van der Waals surface area contributed by atoms with E-state index in [2.05, 4.69) is 37.6 Å². The number of aromatic nitrogens is 6. The number of aryl methyl sites for hydroxylation is 1. The number of nitrogens with one attached hydrogen (secondary N) is 1. The van der Waals surface area contributed by atoms with Gasteiger partial charge in [0, 0.05) is 67.1 Å². The minimum absolute atomic E-state index is 0.0615. The van der Waals surface area contributed by atoms with E-state index in [4.69, 9.17) is 0 Å². The first kappa shape index (κ1) is 21.1. The minimum atomic E-state index is 0.0615. The van der Waals surface area contributed by atoms with E-state index in [0.29, 0.717) is 5.82 Å². The minimum Gasteiger partial charge on any atom is -0.359 e. The molecule has 0 spiro atoms. The lowest BCUT2D eigenvalue weighted by Crippen LogP contribution is -2.32. The van der Waals surface area contributed by atoms with Crippen LogP contribution in [-0.4, -0.2) is 42.5 Å². The van der Waals surface area contributed by atoms with Crippen LogP contribution in [0, 0.1) is 5.92 Å². The highest BCUT2D eigenvalue weighted by molar-refractivity contribution is 5.78. The van der Waals surface area contributed by atoms with E-state index in [-0.39, 0.29) is 17.9 Å². The van der Waals surface area contributed by atoms with Crippen molar-refractivity contribution in [3.8, 4) is 33.6 Å². The number of carbonyl (C=O) groups is 1. The number of hydrogen-bond donors (Lipinski definition) is 1. The molecule has 8 heteroatoms. The Morgan fingerprint density at radius 2 is 1.70 bits per heavy atom. The second kappa shape index (κ2) is 8.97. The van der Waals surface area contributed by atoms with Crippen LogP contribution in [0.4, 0.5) is 0 Å². The van der Waals surface area contributed by atoms with Gasteiger partial charge in [0.25, 0.3) is 0 Å². The average Bonchev–Trinajstić information content (AvgIpc) is 3.53. The smallest absolute Gasteiger partial charge is 0.222 e. The van der Waals surface area contributed by atoms with Gasteiger partial charge in [-0.2, -0.15) is 10.2 Å². The van der Waals surface area contributed by atoms with Gasteiger partial charge in [0.15, 0.2) is 5.82 Å². The quantitative estimate of drug-likeness (QED) is 0.507. The van der Waals surface area contributed by atoms with E-state index >= 15 is 0 Å². The Bertz CT molecular complexity index is 1260. The molecular weight excluding hydrogens is 414 g/mol. The predicted molar refractivity (Wildman–Crippen MR) is 126 cm³/mol. The van der Waals surface area contributed by atoms with E-state index in [9.17, 15) is 4.79 Å². The number of rotatable bonds is 5. The Labute approximate surface area is 192 Å². The maximum Gasteiger partial charge on any atom is 0.222 e. The van der Waals surface area contributed by atoms with Crippen molar-refractivity contribution in [2.45, 2.75) is 31.7 Å². The normalized spacial score (nSPS) is 18.2. The molecule has 3 aromatic heterocycles. The first-order valence-corrected chi connectivity index (χ1v) is 11.3. The van der Waals surface area contributed by atoms with Crippen LogP contribution >= 0.6 is 0 Å². The number of benzene rings is 1. The molecule has 0 saturated heterocycles. The molecule has 1 fully saturated rings. The van der Waals surface area contributed by atoms with Crippen molar-refractivity contribution in [2.75, 3.05) is 7.05 Å². The molecular formula is C25H27N7O. The molecule has 168 valence electrons. The average molecular weight is 442 g/mol. The van der Waals surface area contributed by atoms with Crippen molar-refractivity contribution in [2.24, 2.45) is 13.0 Å². The van der Waals surface area contributed by atoms with Gasteiger partial charge >= 0.3 is 0 Å². The van der Waals surface area contributed by atoms with E-state index in [1.807, 2.05) is 61.0 Å². The summed E-state index contributed by atoms with van der Waals surface area (Å²) in [4.78, 5) is 21.3. The summed E-state index contributed by atoms with van der Waals surface area (Å²) in [5.41, 5.74) is 5.00. The number of nitrogens with zero attached hydrogens (tertiary/aromatic N) is 6. The first-order valence-electron chi connectivity index (χ1n) is 11.3. The molecule has 0 unspecified atom stereocenters. The van der Waals surface area contributed by atoms with Crippen LogP contribution < -0.4 is 5.32 Å². The van der Waals surface area contributed by atoms with Gasteiger partial charge in [-0.25, -0.2) is 9.97 Å². The molecule has 1 aliphatic rings. The molecule has 1 saturated carbocycles. The lowest BCUT2D eigenvalue weighted by Gasteiger charge is -2.28. The van der Waals surface area contributed by atoms with Crippen LogP contribution in [0.5, 0.6) is 0 Å². The molecule has 33 heavy (non-hydrogen) atoms. The third-order valence-electron chi connectivity index (χ3n) is 6.38. The van der Waals surface area contributed by atoms with E-state index < -0.39 is 0 Å². The largest absolute Gasteiger partial charge is 0.359 e. The molecule has 0 radical (unpaired) electrons. The number of amides is 1. The molecule has 2 atom stereocenters. The second-order valence-electron chi connectivity index (χ2n) is 8.62. The zero-order valence-electron chi connectivity index (χ0n) is 18.8. The maximum absolute atomic E-state index is 12.1. The monoisotopic (exact) mass is 441 g/mol. The van der Waals surface area contributed by atoms with Crippen molar-refractivity contribution in [3.63, 3.8) is 0 Å². The highest BCUT2D eigenvalue weighted by Gasteiger charge is 2.28. The summed E-state index contributed by atoms with van der Waals surface area (Å²) in [6.45, 7) is 0. The van der Waals surface area contributed by atoms with Crippen LogP contribution in [0.25, 0.3) is 33.6 Å². The molecule has 4 aromatic rings. The molecule has 5 rings (SSSR count). The summed E-state index contributed by atoms with van der Waals surface area (Å²) in [5.74, 6) is 0.868. The summed E-state index contributed by atoms with van der Waals surface area (Å²) in [7, 11) is 3.61. The lowest BCUT2D eigenvalue weighted by molar-refractivity contribution is -0.125. The Kier molecular flexibility index (Phi) is 5.73. The lowest BCUT2D eigenvalue weighted by atomic mass is 9.85. The second-order valence-corrected chi connectivity index (χ2v) is 8.62. The molecule has 1 aromatic carbocycles. The Morgan fingerprint density at radius 3 is 2.45 bits per heavy atom. The SMILES string of the molecule is CNC(=O)[C@@H]1CCC[C@@H](n2cc(-c3cnc(-c4cccc(-c5cnn(C)c5)c4)nc3)cn2)C1. The van der Waals surface area contributed by atoms with Crippen LogP contribution in [0.15, 0.2) is 61.4 Å². The Hall–Kier alpha value is -3.81. The summed E-state index contributed by atoms with van der Waals surface area (Å²) >= 11 is 0. The first-order chi connectivity index (χ1) is 16.1. The summed E-state index contributed by atoms with van der Waals surface area (Å²) < 4.78 is 3.79. The fourth-order valence-corrected chi connectivity index (χ4v) is 4.57. The predicted octanol–water partition coefficient (Wildman–Crippen LogP) is 3.88. The van der Waals surface area contributed by atoms with Crippen LogP contribution in [0.1, 0.15) is 31.7 Å². The third-order valence-corrected chi connectivity index (χ3v) is 6.38. The summed E-state index contributed by atoms with van der Waals surface area (Å²) in [6.07, 6.45) is 15.3. The van der Waals surface area contributed by atoms with Crippen molar-refractivity contribution in [1.82, 2.24) is 34.8 Å². The number of hydrogen-bond acceptors (Lipinski definition) is 5. The Balaban J connectivity index is 1.33. The molecule has 3 heterocycles. The van der Waals surface area contributed by atoms with Crippen molar-refractivity contribution < 1.29 is 4.79 Å². The van der Waals surface area contributed by atoms with Crippen LogP contribution in [-0.2, 0) is 11.8 Å². The highest BCUT2D eigenvalue weighted by Crippen LogP contribution is 2.33. The van der Waals surface area contributed by atoms with Gasteiger partial charge < -0.3 is 5.32 Å². The third kappa shape index (κ3) is 4.41. The number of carbonyl (C=O) groups excluding carboxylic acids is 1. The van der Waals surface area contributed by atoms with Gasteiger partial charge in [-0.3, -0.25) is 14.2 Å². The maximum atomic E-state index is 12.1. The van der Waals surface area contributed by atoms with Gasteiger partial charge in [-0.15, -0.1) is 0 Å². The molecule has 1 amide bonds. The van der Waals surface area contributed by atoms with Crippen molar-refractivity contribution in [3.05, 3.63) is 61.4 Å². The standard InChI is InChI=1S/C25H27N7O/c1-26-25(33)19-7-4-8-23(10-19)32-16-22(14-30-32)20-11-27-24(28-12-20)18-6-3-5-17(9-18)21-13-29-31(2)15-21/h3,5-6,9,11-16,19,23H,4,7-8,10H2,1-2H3,(H,26,33)/t19-,23-/m1/s1. The van der Waals surface area contributed by atoms with Crippen molar-refractivity contribution >= 4 is 5.91 Å². The van der Waals surface area contributed by atoms with E-state index in [1.165, 1.54) is 0 Å². The van der Waals surface area contributed by atoms with Gasteiger partial charge in [-0.1, -0.05) is 24.6 Å². The Morgan fingerprint density at radius 1 is 0.939 bits per heavy atom. The zero-order chi connectivity index (χ0) is 22.8. The fraction of sp³-hybridized carbons (Fsp3) is 0.320. The molecule has 1 aliphatic carbocycles. The molecule has 0 aliphatic heterocycles. The van der Waals surface area contributed by atoms with Gasteiger partial charge in [0.05, 0.1) is 18.4 Å².